The fourth-order valence-electron chi connectivity index (χ4n) is 5.51. The maximum Gasteiger partial charge on any atom is 0.119 e. The van der Waals surface area contributed by atoms with Crippen molar-refractivity contribution in [2.45, 2.75) is 50.5 Å². The van der Waals surface area contributed by atoms with Gasteiger partial charge < -0.3 is 9.64 Å². The highest BCUT2D eigenvalue weighted by atomic mass is 16.5. The zero-order chi connectivity index (χ0) is 19.5. The molecule has 5 rings (SSSR count). The summed E-state index contributed by atoms with van der Waals surface area (Å²) in [6.07, 6.45) is 11.7. The van der Waals surface area contributed by atoms with Gasteiger partial charge in [0.15, 0.2) is 0 Å². The van der Waals surface area contributed by atoms with Gasteiger partial charge in [0.25, 0.3) is 0 Å². The van der Waals surface area contributed by atoms with Crippen molar-refractivity contribution in [3.05, 3.63) is 59.4 Å². The summed E-state index contributed by atoms with van der Waals surface area (Å²) in [5.41, 5.74) is 4.28. The van der Waals surface area contributed by atoms with E-state index in [1.54, 1.807) is 0 Å². The van der Waals surface area contributed by atoms with Crippen molar-refractivity contribution in [2.75, 3.05) is 39.3 Å². The SMILES string of the molecule is c1cncc([C@H]2CN3CCC[C@H]3c3cc(OCCCN4CCCCC4)ccc32)c1. The molecule has 0 unspecified atom stereocenters. The quantitative estimate of drug-likeness (QED) is 0.672. The van der Waals surface area contributed by atoms with E-state index in [9.17, 15) is 0 Å². The van der Waals surface area contributed by atoms with Gasteiger partial charge in [0.05, 0.1) is 6.61 Å². The predicted octanol–water partition coefficient (Wildman–Crippen LogP) is 4.62. The molecule has 0 spiro atoms. The predicted molar refractivity (Wildman–Crippen MR) is 116 cm³/mol. The standard InChI is InChI=1S/C25H33N3O/c1-2-12-27(13-3-1)14-6-16-29-21-9-10-22-23(17-21)25-8-5-15-28(25)19-24(22)20-7-4-11-26-18-20/h4,7,9-11,17-18,24-25H,1-3,5-6,8,12-16,19H2/t24-,25+/m1/s1. The Kier molecular flexibility index (Phi) is 5.82. The van der Waals surface area contributed by atoms with Crippen LogP contribution in [0.25, 0.3) is 0 Å². The van der Waals surface area contributed by atoms with E-state index >= 15 is 0 Å². The molecule has 154 valence electrons. The first-order valence-electron chi connectivity index (χ1n) is 11.5. The van der Waals surface area contributed by atoms with E-state index in [0.29, 0.717) is 12.0 Å². The summed E-state index contributed by atoms with van der Waals surface area (Å²) < 4.78 is 6.20. The van der Waals surface area contributed by atoms with Crippen LogP contribution >= 0.6 is 0 Å². The van der Waals surface area contributed by atoms with Crippen LogP contribution in [0.3, 0.4) is 0 Å². The van der Waals surface area contributed by atoms with E-state index in [2.05, 4.69) is 45.1 Å². The minimum absolute atomic E-state index is 0.418. The van der Waals surface area contributed by atoms with Crippen LogP contribution in [-0.2, 0) is 0 Å². The monoisotopic (exact) mass is 391 g/mol. The van der Waals surface area contributed by atoms with Gasteiger partial charge in [0.2, 0.25) is 0 Å². The third-order valence-electron chi connectivity index (χ3n) is 7.00. The summed E-state index contributed by atoms with van der Waals surface area (Å²) in [5.74, 6) is 1.46. The van der Waals surface area contributed by atoms with Gasteiger partial charge in [-0.1, -0.05) is 18.6 Å². The topological polar surface area (TPSA) is 28.6 Å². The summed E-state index contributed by atoms with van der Waals surface area (Å²) >= 11 is 0. The van der Waals surface area contributed by atoms with Crippen molar-refractivity contribution in [1.82, 2.24) is 14.8 Å². The number of benzene rings is 1. The summed E-state index contributed by atoms with van der Waals surface area (Å²) in [4.78, 5) is 9.64. The summed E-state index contributed by atoms with van der Waals surface area (Å²) in [5, 5.41) is 0. The Hall–Kier alpha value is -1.91. The number of rotatable bonds is 6. The second kappa shape index (κ2) is 8.85. The first kappa shape index (κ1) is 19.1. The molecule has 2 aromatic rings. The molecule has 2 saturated heterocycles. The Morgan fingerprint density at radius 1 is 1.00 bits per heavy atom. The average Bonchev–Trinajstić information content (AvgIpc) is 3.26. The Bertz CT molecular complexity index is 803. The Labute approximate surface area is 174 Å². The first-order valence-corrected chi connectivity index (χ1v) is 11.5. The fourth-order valence-corrected chi connectivity index (χ4v) is 5.51. The van der Waals surface area contributed by atoms with E-state index in [0.717, 1.165) is 25.3 Å². The van der Waals surface area contributed by atoms with Crippen LogP contribution in [-0.4, -0.2) is 54.1 Å². The van der Waals surface area contributed by atoms with Gasteiger partial charge >= 0.3 is 0 Å². The van der Waals surface area contributed by atoms with Crippen LogP contribution in [0.2, 0.25) is 0 Å². The molecule has 0 bridgehead atoms. The lowest BCUT2D eigenvalue weighted by Gasteiger charge is -2.37. The molecule has 0 radical (unpaired) electrons. The van der Waals surface area contributed by atoms with Gasteiger partial charge in [0, 0.05) is 37.4 Å². The highest BCUT2D eigenvalue weighted by Gasteiger charge is 2.36. The second-order valence-corrected chi connectivity index (χ2v) is 8.89. The number of nitrogens with zero attached hydrogens (tertiary/aromatic N) is 3. The molecule has 0 saturated carbocycles. The molecule has 0 aliphatic carbocycles. The van der Waals surface area contributed by atoms with Crippen molar-refractivity contribution in [3.63, 3.8) is 0 Å². The molecule has 0 N–H and O–H groups in total. The highest BCUT2D eigenvalue weighted by molar-refractivity contribution is 5.46. The minimum atomic E-state index is 0.418. The first-order chi connectivity index (χ1) is 14.4. The largest absolute Gasteiger partial charge is 0.494 e. The molecule has 2 atom stereocenters. The lowest BCUT2D eigenvalue weighted by atomic mass is 9.82. The number of pyridine rings is 1. The molecule has 4 heteroatoms. The Morgan fingerprint density at radius 2 is 1.93 bits per heavy atom. The van der Waals surface area contributed by atoms with Crippen LogP contribution in [0.5, 0.6) is 5.75 Å². The number of likely N-dealkylation sites (tertiary alicyclic amines) is 1. The van der Waals surface area contributed by atoms with Crippen molar-refractivity contribution in [2.24, 2.45) is 0 Å². The summed E-state index contributed by atoms with van der Waals surface area (Å²) in [6, 6.07) is 11.7. The minimum Gasteiger partial charge on any atom is -0.494 e. The van der Waals surface area contributed by atoms with Crippen LogP contribution < -0.4 is 4.74 Å². The van der Waals surface area contributed by atoms with E-state index < -0.39 is 0 Å². The summed E-state index contributed by atoms with van der Waals surface area (Å²) in [6.45, 7) is 6.85. The molecule has 1 aromatic heterocycles. The lowest BCUT2D eigenvalue weighted by Crippen LogP contribution is -2.34. The Balaban J connectivity index is 1.29. The number of hydrogen-bond acceptors (Lipinski definition) is 4. The molecule has 4 nitrogen and oxygen atoms in total. The Morgan fingerprint density at radius 3 is 2.79 bits per heavy atom. The van der Waals surface area contributed by atoms with Gasteiger partial charge in [-0.3, -0.25) is 9.88 Å². The van der Waals surface area contributed by atoms with Crippen molar-refractivity contribution in [1.29, 1.82) is 0 Å². The van der Waals surface area contributed by atoms with Crippen LogP contribution in [0.1, 0.15) is 67.2 Å². The van der Waals surface area contributed by atoms with Gasteiger partial charge in [-0.25, -0.2) is 0 Å². The number of fused-ring (bicyclic) bond motifs is 3. The number of aromatic nitrogens is 1. The van der Waals surface area contributed by atoms with Crippen LogP contribution in [0, 0.1) is 0 Å². The zero-order valence-corrected chi connectivity index (χ0v) is 17.4. The second-order valence-electron chi connectivity index (χ2n) is 8.89. The van der Waals surface area contributed by atoms with Crippen molar-refractivity contribution in [3.8, 4) is 5.75 Å². The number of piperidine rings is 1. The molecule has 0 amide bonds. The molecule has 3 aliphatic rings. The van der Waals surface area contributed by atoms with Crippen LogP contribution in [0.4, 0.5) is 0 Å². The molecule has 3 aliphatic heterocycles. The van der Waals surface area contributed by atoms with E-state index in [-0.39, 0.29) is 0 Å². The molecular formula is C25H33N3O. The van der Waals surface area contributed by atoms with Gasteiger partial charge in [0.1, 0.15) is 5.75 Å². The average molecular weight is 392 g/mol. The number of hydrogen-bond donors (Lipinski definition) is 0. The molecule has 2 fully saturated rings. The highest BCUT2D eigenvalue weighted by Crippen LogP contribution is 2.45. The molecule has 1 aromatic carbocycles. The molecular weight excluding hydrogens is 358 g/mol. The smallest absolute Gasteiger partial charge is 0.119 e. The fraction of sp³-hybridized carbons (Fsp3) is 0.560. The maximum atomic E-state index is 6.20. The lowest BCUT2D eigenvalue weighted by molar-refractivity contribution is 0.204. The van der Waals surface area contributed by atoms with E-state index in [1.807, 2.05) is 12.4 Å². The third-order valence-corrected chi connectivity index (χ3v) is 7.00. The number of ether oxygens (including phenoxy) is 1. The maximum absolute atomic E-state index is 6.20. The van der Waals surface area contributed by atoms with E-state index in [1.165, 1.54) is 75.0 Å². The molecule has 4 heterocycles. The van der Waals surface area contributed by atoms with Gasteiger partial charge in [-0.15, -0.1) is 0 Å². The third kappa shape index (κ3) is 4.19. The van der Waals surface area contributed by atoms with Crippen molar-refractivity contribution < 1.29 is 4.74 Å². The van der Waals surface area contributed by atoms with Gasteiger partial charge in [-0.05, 0) is 86.6 Å². The van der Waals surface area contributed by atoms with E-state index in [4.69, 9.17) is 4.74 Å². The molecule has 29 heavy (non-hydrogen) atoms. The normalized spacial score (nSPS) is 24.8. The zero-order valence-electron chi connectivity index (χ0n) is 17.4. The van der Waals surface area contributed by atoms with Gasteiger partial charge in [-0.2, -0.15) is 0 Å². The summed E-state index contributed by atoms with van der Waals surface area (Å²) in [7, 11) is 0. The van der Waals surface area contributed by atoms with Crippen molar-refractivity contribution >= 4 is 0 Å². The van der Waals surface area contributed by atoms with Crippen LogP contribution in [0.15, 0.2) is 42.7 Å².